The molecule has 0 spiro atoms. The highest BCUT2D eigenvalue weighted by Crippen LogP contribution is 2.31. The first-order valence-electron chi connectivity index (χ1n) is 7.49. The summed E-state index contributed by atoms with van der Waals surface area (Å²) in [6.45, 7) is 0. The molecule has 24 heavy (non-hydrogen) atoms. The van der Waals surface area contributed by atoms with Crippen LogP contribution in [0, 0.1) is 5.82 Å². The van der Waals surface area contributed by atoms with Crippen LogP contribution >= 0.6 is 11.3 Å². The Balaban J connectivity index is 1.96. The van der Waals surface area contributed by atoms with Crippen molar-refractivity contribution >= 4 is 28.6 Å². The van der Waals surface area contributed by atoms with Gasteiger partial charge in [0, 0.05) is 11.1 Å². The molecule has 2 heterocycles. The van der Waals surface area contributed by atoms with Gasteiger partial charge in [-0.25, -0.2) is 4.39 Å². The van der Waals surface area contributed by atoms with Crippen LogP contribution < -0.4 is 5.32 Å². The first-order chi connectivity index (χ1) is 11.7. The van der Waals surface area contributed by atoms with E-state index in [0.717, 1.165) is 5.56 Å². The van der Waals surface area contributed by atoms with Crippen molar-refractivity contribution in [1.29, 1.82) is 0 Å². The zero-order valence-electron chi connectivity index (χ0n) is 12.6. The lowest BCUT2D eigenvalue weighted by Gasteiger charge is -2.10. The van der Waals surface area contributed by atoms with Crippen LogP contribution in [0.4, 0.5) is 10.1 Å². The summed E-state index contributed by atoms with van der Waals surface area (Å²) in [5.41, 5.74) is 3.04. The van der Waals surface area contributed by atoms with Gasteiger partial charge in [0.2, 0.25) is 0 Å². The predicted octanol–water partition coefficient (Wildman–Crippen LogP) is 4.42. The Morgan fingerprint density at radius 1 is 1.00 bits per heavy atom. The first kappa shape index (κ1) is 14.8. The van der Waals surface area contributed by atoms with Gasteiger partial charge in [-0.15, -0.1) is 0 Å². The Labute approximate surface area is 142 Å². The standard InChI is InChI=1S/C19H13FN2OS/c20-15-7-3-1-5-13(15)18-14-6-2-4-8-16(14)21-19(23)17(22-18)12-9-10-24-11-12/h1-11,17H,(H,21,23)/t17-/m0/s1. The number of benzodiazepines with no additional fused rings is 1. The van der Waals surface area contributed by atoms with Crippen LogP contribution in [0.15, 0.2) is 70.3 Å². The third-order valence-corrected chi connectivity index (χ3v) is 4.64. The minimum atomic E-state index is -0.696. The van der Waals surface area contributed by atoms with Gasteiger partial charge < -0.3 is 5.32 Å². The fraction of sp³-hybridized carbons (Fsp3) is 0.0526. The molecule has 118 valence electrons. The number of benzene rings is 2. The number of carbonyl (C=O) groups is 1. The maximum atomic E-state index is 14.4. The molecule has 1 aromatic heterocycles. The van der Waals surface area contributed by atoms with E-state index >= 15 is 0 Å². The van der Waals surface area contributed by atoms with E-state index < -0.39 is 6.04 Å². The van der Waals surface area contributed by atoms with Crippen molar-refractivity contribution in [3.8, 4) is 0 Å². The second-order valence-corrected chi connectivity index (χ2v) is 6.23. The largest absolute Gasteiger partial charge is 0.323 e. The molecular formula is C19H13FN2OS. The number of amides is 1. The number of nitrogens with zero attached hydrogens (tertiary/aromatic N) is 1. The quantitative estimate of drug-likeness (QED) is 0.739. The molecule has 3 nitrogen and oxygen atoms in total. The Bertz CT molecular complexity index is 934. The number of rotatable bonds is 2. The number of hydrogen-bond acceptors (Lipinski definition) is 3. The normalized spacial score (nSPS) is 16.8. The van der Waals surface area contributed by atoms with Gasteiger partial charge in [0.05, 0.1) is 11.4 Å². The van der Waals surface area contributed by atoms with Gasteiger partial charge in [0.15, 0.2) is 6.04 Å². The van der Waals surface area contributed by atoms with Gasteiger partial charge in [-0.1, -0.05) is 30.3 Å². The lowest BCUT2D eigenvalue weighted by molar-refractivity contribution is -0.117. The summed E-state index contributed by atoms with van der Waals surface area (Å²) in [7, 11) is 0. The molecule has 0 saturated carbocycles. The molecule has 2 aromatic carbocycles. The summed E-state index contributed by atoms with van der Waals surface area (Å²) in [5.74, 6) is -0.573. The number of nitrogens with one attached hydrogen (secondary N) is 1. The van der Waals surface area contributed by atoms with Crippen LogP contribution in [0.1, 0.15) is 22.7 Å². The smallest absolute Gasteiger partial charge is 0.253 e. The first-order valence-corrected chi connectivity index (χ1v) is 8.43. The van der Waals surface area contributed by atoms with Gasteiger partial charge in [0.1, 0.15) is 5.82 Å². The molecule has 4 rings (SSSR count). The zero-order chi connectivity index (χ0) is 16.5. The summed E-state index contributed by atoms with van der Waals surface area (Å²) >= 11 is 1.50. The number of anilines is 1. The fourth-order valence-corrected chi connectivity index (χ4v) is 3.46. The predicted molar refractivity (Wildman–Crippen MR) is 94.2 cm³/mol. The van der Waals surface area contributed by atoms with Gasteiger partial charge >= 0.3 is 0 Å². The van der Waals surface area contributed by atoms with Crippen LogP contribution in [0.3, 0.4) is 0 Å². The molecule has 0 fully saturated rings. The molecule has 0 saturated heterocycles. The average Bonchev–Trinajstić information content (AvgIpc) is 3.07. The van der Waals surface area contributed by atoms with Gasteiger partial charge in [0.25, 0.3) is 5.91 Å². The molecule has 3 aromatic rings. The lowest BCUT2D eigenvalue weighted by Crippen LogP contribution is -2.18. The third-order valence-electron chi connectivity index (χ3n) is 3.93. The van der Waals surface area contributed by atoms with E-state index in [4.69, 9.17) is 0 Å². The summed E-state index contributed by atoms with van der Waals surface area (Å²) in [4.78, 5) is 17.3. The number of fused-ring (bicyclic) bond motifs is 1. The van der Waals surface area contributed by atoms with Crippen molar-refractivity contribution in [3.63, 3.8) is 0 Å². The number of aliphatic imine (C=N–C) groups is 1. The van der Waals surface area contributed by atoms with Crippen molar-refractivity contribution in [2.75, 3.05) is 5.32 Å². The minimum Gasteiger partial charge on any atom is -0.323 e. The van der Waals surface area contributed by atoms with Gasteiger partial charge in [-0.2, -0.15) is 11.3 Å². The number of halogens is 1. The summed E-state index contributed by atoms with van der Waals surface area (Å²) in [6, 6.07) is 15.0. The van der Waals surface area contributed by atoms with Crippen LogP contribution in [0.25, 0.3) is 0 Å². The van der Waals surface area contributed by atoms with Crippen molar-refractivity contribution in [1.82, 2.24) is 0 Å². The van der Waals surface area contributed by atoms with Crippen molar-refractivity contribution in [2.24, 2.45) is 4.99 Å². The van der Waals surface area contributed by atoms with E-state index in [2.05, 4.69) is 10.3 Å². The SMILES string of the molecule is O=C1Nc2ccccc2C(c2ccccc2F)=N[C@H]1c1ccsc1. The number of carbonyl (C=O) groups excluding carboxylic acids is 1. The van der Waals surface area contributed by atoms with Crippen LogP contribution in [0.2, 0.25) is 0 Å². The Morgan fingerprint density at radius 3 is 2.50 bits per heavy atom. The second kappa shape index (κ2) is 6.02. The summed E-state index contributed by atoms with van der Waals surface area (Å²) in [5, 5.41) is 6.70. The number of para-hydroxylation sites is 1. The average molecular weight is 336 g/mol. The van der Waals surface area contributed by atoms with Gasteiger partial charge in [-0.3, -0.25) is 9.79 Å². The molecule has 0 aliphatic carbocycles. The Morgan fingerprint density at radius 2 is 1.75 bits per heavy atom. The van der Waals surface area contributed by atoms with E-state index in [-0.39, 0.29) is 11.7 Å². The van der Waals surface area contributed by atoms with Crippen molar-refractivity contribution in [3.05, 3.63) is 87.9 Å². The summed E-state index contributed by atoms with van der Waals surface area (Å²) in [6.07, 6.45) is 0. The van der Waals surface area contributed by atoms with Gasteiger partial charge in [-0.05, 0) is 40.6 Å². The maximum Gasteiger partial charge on any atom is 0.253 e. The van der Waals surface area contributed by atoms with Crippen LogP contribution in [-0.2, 0) is 4.79 Å². The molecular weight excluding hydrogens is 323 g/mol. The monoisotopic (exact) mass is 336 g/mol. The number of thiophene rings is 1. The second-order valence-electron chi connectivity index (χ2n) is 5.45. The molecule has 0 unspecified atom stereocenters. The van der Waals surface area contributed by atoms with Crippen molar-refractivity contribution in [2.45, 2.75) is 6.04 Å². The highest BCUT2D eigenvalue weighted by Gasteiger charge is 2.28. The lowest BCUT2D eigenvalue weighted by atomic mass is 10.00. The molecule has 1 amide bonds. The van der Waals surface area contributed by atoms with E-state index in [1.165, 1.54) is 17.4 Å². The summed E-state index contributed by atoms with van der Waals surface area (Å²) < 4.78 is 14.4. The molecule has 0 bridgehead atoms. The fourth-order valence-electron chi connectivity index (χ4n) is 2.78. The Kier molecular flexibility index (Phi) is 3.70. The maximum absolute atomic E-state index is 14.4. The van der Waals surface area contributed by atoms with E-state index in [1.54, 1.807) is 24.3 Å². The van der Waals surface area contributed by atoms with E-state index in [1.807, 2.05) is 35.0 Å². The molecule has 1 aliphatic rings. The highest BCUT2D eigenvalue weighted by atomic mass is 32.1. The van der Waals surface area contributed by atoms with Crippen LogP contribution in [-0.4, -0.2) is 11.6 Å². The van der Waals surface area contributed by atoms with E-state index in [0.29, 0.717) is 22.5 Å². The molecule has 1 atom stereocenters. The number of hydrogen-bond donors (Lipinski definition) is 1. The molecule has 1 aliphatic heterocycles. The Hall–Kier alpha value is -2.79. The third kappa shape index (κ3) is 2.53. The molecule has 0 radical (unpaired) electrons. The minimum absolute atomic E-state index is 0.216. The zero-order valence-corrected chi connectivity index (χ0v) is 13.4. The molecule has 1 N–H and O–H groups in total. The topological polar surface area (TPSA) is 41.5 Å². The molecule has 5 heteroatoms. The van der Waals surface area contributed by atoms with Crippen molar-refractivity contribution < 1.29 is 9.18 Å². The van der Waals surface area contributed by atoms with Crippen LogP contribution in [0.5, 0.6) is 0 Å². The van der Waals surface area contributed by atoms with E-state index in [9.17, 15) is 9.18 Å². The highest BCUT2D eigenvalue weighted by molar-refractivity contribution is 7.08.